The van der Waals surface area contributed by atoms with Crippen LogP contribution in [0.5, 0.6) is 0 Å². The first kappa shape index (κ1) is 15.7. The summed E-state index contributed by atoms with van der Waals surface area (Å²) in [7, 11) is -3.87. The Bertz CT molecular complexity index is 453. The van der Waals surface area contributed by atoms with Crippen molar-refractivity contribution in [3.63, 3.8) is 0 Å². The summed E-state index contributed by atoms with van der Waals surface area (Å²) in [5.41, 5.74) is 0. The van der Waals surface area contributed by atoms with Crippen molar-refractivity contribution in [3.05, 3.63) is 0 Å². The number of hydrogen-bond donors (Lipinski definition) is 3. The number of carbonyl (C=O) groups is 1. The smallest absolute Gasteiger partial charge is 0.322 e. The first-order valence-corrected chi connectivity index (χ1v) is 8.56. The van der Waals surface area contributed by atoms with Crippen LogP contribution in [-0.4, -0.2) is 53.6 Å². The largest absolute Gasteiger partial charge is 0.480 e. The fourth-order valence-electron chi connectivity index (χ4n) is 2.95. The quantitative estimate of drug-likeness (QED) is 0.681. The molecule has 2 aliphatic rings. The molecule has 7 nitrogen and oxygen atoms in total. The van der Waals surface area contributed by atoms with E-state index in [4.69, 9.17) is 5.11 Å². The number of hydrogen-bond acceptors (Lipinski definition) is 4. The van der Waals surface area contributed by atoms with Crippen molar-refractivity contribution < 1.29 is 23.4 Å². The van der Waals surface area contributed by atoms with Crippen molar-refractivity contribution >= 4 is 16.2 Å². The van der Waals surface area contributed by atoms with Gasteiger partial charge in [0, 0.05) is 12.6 Å². The zero-order valence-corrected chi connectivity index (χ0v) is 12.2. The van der Waals surface area contributed by atoms with Gasteiger partial charge in [0.05, 0.1) is 6.10 Å². The molecule has 3 atom stereocenters. The Balaban J connectivity index is 2.09. The summed E-state index contributed by atoms with van der Waals surface area (Å²) in [5.74, 6) is -1.11. The second-order valence-electron chi connectivity index (χ2n) is 5.54. The normalized spacial score (nSPS) is 33.0. The Kier molecular flexibility index (Phi) is 5.00. The number of aliphatic carboxylic acids is 1. The van der Waals surface area contributed by atoms with E-state index in [-0.39, 0.29) is 6.54 Å². The van der Waals surface area contributed by atoms with Crippen LogP contribution in [0, 0.1) is 0 Å². The molecule has 0 radical (unpaired) electrons. The third kappa shape index (κ3) is 3.49. The number of carboxylic acids is 1. The van der Waals surface area contributed by atoms with Crippen LogP contribution in [-0.2, 0) is 15.0 Å². The zero-order chi connectivity index (χ0) is 14.8. The summed E-state index contributed by atoms with van der Waals surface area (Å²) >= 11 is 0. The van der Waals surface area contributed by atoms with Crippen LogP contribution in [0.25, 0.3) is 0 Å². The van der Waals surface area contributed by atoms with Gasteiger partial charge in [-0.1, -0.05) is 12.8 Å². The van der Waals surface area contributed by atoms with Gasteiger partial charge in [-0.05, 0) is 32.1 Å². The molecule has 3 N–H and O–H groups in total. The van der Waals surface area contributed by atoms with Crippen LogP contribution in [0.2, 0.25) is 0 Å². The van der Waals surface area contributed by atoms with Crippen molar-refractivity contribution in [2.75, 3.05) is 6.54 Å². The maximum atomic E-state index is 12.4. The number of nitrogens with zero attached hydrogens (tertiary/aromatic N) is 1. The predicted molar refractivity (Wildman–Crippen MR) is 72.3 cm³/mol. The molecule has 2 rings (SSSR count). The Hall–Kier alpha value is -0.700. The van der Waals surface area contributed by atoms with E-state index in [0.717, 1.165) is 23.6 Å². The first-order valence-electron chi connectivity index (χ1n) is 7.12. The van der Waals surface area contributed by atoms with E-state index in [0.29, 0.717) is 25.7 Å². The summed E-state index contributed by atoms with van der Waals surface area (Å²) < 4.78 is 28.2. The van der Waals surface area contributed by atoms with Gasteiger partial charge < -0.3 is 10.2 Å². The predicted octanol–water partition coefficient (Wildman–Crippen LogP) is 0.0634. The number of rotatable bonds is 4. The molecule has 0 bridgehead atoms. The van der Waals surface area contributed by atoms with E-state index in [9.17, 15) is 18.3 Å². The highest BCUT2D eigenvalue weighted by Gasteiger charge is 2.38. The lowest BCUT2D eigenvalue weighted by atomic mass is 9.93. The number of carboxylic acid groups (broad SMARTS) is 1. The van der Waals surface area contributed by atoms with Gasteiger partial charge >= 0.3 is 5.97 Å². The SMILES string of the molecule is O=C(O)C1CCCCN1S(=O)(=O)NC1CCCCC1O. The molecule has 1 aliphatic carbocycles. The lowest BCUT2D eigenvalue weighted by Crippen LogP contribution is -2.56. The molecule has 0 spiro atoms. The van der Waals surface area contributed by atoms with E-state index < -0.39 is 34.4 Å². The van der Waals surface area contributed by atoms with E-state index in [2.05, 4.69) is 4.72 Å². The first-order chi connectivity index (χ1) is 9.42. The number of nitrogens with one attached hydrogen (secondary N) is 1. The molecule has 1 heterocycles. The Labute approximate surface area is 119 Å². The highest BCUT2D eigenvalue weighted by molar-refractivity contribution is 7.87. The molecule has 1 saturated carbocycles. The number of aliphatic hydroxyl groups excluding tert-OH is 1. The van der Waals surface area contributed by atoms with E-state index in [1.165, 1.54) is 0 Å². The van der Waals surface area contributed by atoms with Gasteiger partial charge in [-0.3, -0.25) is 4.79 Å². The molecule has 116 valence electrons. The molecule has 1 saturated heterocycles. The van der Waals surface area contributed by atoms with Gasteiger partial charge in [0.15, 0.2) is 0 Å². The third-order valence-corrected chi connectivity index (χ3v) is 5.73. The molecule has 20 heavy (non-hydrogen) atoms. The van der Waals surface area contributed by atoms with Gasteiger partial charge in [-0.15, -0.1) is 0 Å². The van der Waals surface area contributed by atoms with Crippen LogP contribution in [0.3, 0.4) is 0 Å². The molecule has 0 amide bonds. The molecule has 1 aliphatic heterocycles. The van der Waals surface area contributed by atoms with E-state index >= 15 is 0 Å². The van der Waals surface area contributed by atoms with Crippen molar-refractivity contribution in [1.29, 1.82) is 0 Å². The fourth-order valence-corrected chi connectivity index (χ4v) is 4.64. The topological polar surface area (TPSA) is 107 Å². The molecule has 3 unspecified atom stereocenters. The lowest BCUT2D eigenvalue weighted by Gasteiger charge is -2.35. The Morgan fingerprint density at radius 1 is 1.10 bits per heavy atom. The van der Waals surface area contributed by atoms with Crippen LogP contribution >= 0.6 is 0 Å². The number of aliphatic hydroxyl groups is 1. The van der Waals surface area contributed by atoms with Crippen LogP contribution in [0.15, 0.2) is 0 Å². The molecule has 2 fully saturated rings. The lowest BCUT2D eigenvalue weighted by molar-refractivity contribution is -0.142. The second kappa shape index (κ2) is 6.38. The fraction of sp³-hybridized carbons (Fsp3) is 0.917. The van der Waals surface area contributed by atoms with Crippen molar-refractivity contribution in [3.8, 4) is 0 Å². The second-order valence-corrected chi connectivity index (χ2v) is 7.20. The van der Waals surface area contributed by atoms with Crippen LogP contribution < -0.4 is 4.72 Å². The summed E-state index contributed by atoms with van der Waals surface area (Å²) in [6, 6.07) is -1.51. The van der Waals surface area contributed by atoms with Crippen molar-refractivity contribution in [1.82, 2.24) is 9.03 Å². The monoisotopic (exact) mass is 306 g/mol. The molecule has 0 aromatic rings. The summed E-state index contributed by atoms with van der Waals surface area (Å²) in [6.07, 6.45) is 3.96. The van der Waals surface area contributed by atoms with Crippen LogP contribution in [0.4, 0.5) is 0 Å². The molecule has 8 heteroatoms. The maximum absolute atomic E-state index is 12.4. The average Bonchev–Trinajstić information content (AvgIpc) is 2.41. The summed E-state index contributed by atoms with van der Waals surface area (Å²) in [6.45, 7) is 0.217. The minimum Gasteiger partial charge on any atom is -0.480 e. The zero-order valence-electron chi connectivity index (χ0n) is 11.4. The van der Waals surface area contributed by atoms with Gasteiger partial charge in [0.2, 0.25) is 0 Å². The molecule has 0 aromatic carbocycles. The van der Waals surface area contributed by atoms with Gasteiger partial charge in [0.25, 0.3) is 10.2 Å². The highest BCUT2D eigenvalue weighted by Crippen LogP contribution is 2.23. The Morgan fingerprint density at radius 3 is 2.40 bits per heavy atom. The van der Waals surface area contributed by atoms with Gasteiger partial charge in [-0.25, -0.2) is 0 Å². The minimum absolute atomic E-state index is 0.217. The number of piperidine rings is 1. The minimum atomic E-state index is -3.87. The van der Waals surface area contributed by atoms with E-state index in [1.54, 1.807) is 0 Å². The molecule has 0 aromatic heterocycles. The summed E-state index contributed by atoms with van der Waals surface area (Å²) in [4.78, 5) is 11.2. The van der Waals surface area contributed by atoms with Gasteiger partial charge in [0.1, 0.15) is 6.04 Å². The third-order valence-electron chi connectivity index (χ3n) is 4.08. The van der Waals surface area contributed by atoms with Crippen LogP contribution in [0.1, 0.15) is 44.9 Å². The maximum Gasteiger partial charge on any atom is 0.322 e. The van der Waals surface area contributed by atoms with Gasteiger partial charge in [-0.2, -0.15) is 17.4 Å². The standard InChI is InChI=1S/C12H22N2O5S/c15-11-7-2-1-5-9(11)13-20(18,19)14-8-4-3-6-10(14)12(16)17/h9-11,13,15H,1-8H2,(H,16,17). The van der Waals surface area contributed by atoms with E-state index in [1.807, 2.05) is 0 Å². The highest BCUT2D eigenvalue weighted by atomic mass is 32.2. The van der Waals surface area contributed by atoms with Crippen molar-refractivity contribution in [2.45, 2.75) is 63.1 Å². The Morgan fingerprint density at radius 2 is 1.75 bits per heavy atom. The molecular formula is C12H22N2O5S. The average molecular weight is 306 g/mol. The summed E-state index contributed by atoms with van der Waals surface area (Å²) in [5, 5.41) is 19.0. The molecular weight excluding hydrogens is 284 g/mol. The van der Waals surface area contributed by atoms with Crippen molar-refractivity contribution in [2.24, 2.45) is 0 Å².